The first-order chi connectivity index (χ1) is 4.61. The molecule has 3 N–H and O–H groups in total. The van der Waals surface area contributed by atoms with Gasteiger partial charge in [-0.05, 0) is 12.1 Å². The van der Waals surface area contributed by atoms with Crippen LogP contribution in [0.4, 0.5) is 5.69 Å². The summed E-state index contributed by atoms with van der Waals surface area (Å²) in [6.07, 6.45) is 0. The number of halogens is 3. The van der Waals surface area contributed by atoms with Gasteiger partial charge in [-0.25, -0.2) is 0 Å². The van der Waals surface area contributed by atoms with Crippen molar-refractivity contribution in [2.75, 3.05) is 21.1 Å². The van der Waals surface area contributed by atoms with Crippen molar-refractivity contribution in [1.82, 2.24) is 10.6 Å². The van der Waals surface area contributed by atoms with Gasteiger partial charge in [-0.2, -0.15) is 0 Å². The van der Waals surface area contributed by atoms with Gasteiger partial charge in [0, 0.05) is 0 Å². The highest BCUT2D eigenvalue weighted by molar-refractivity contribution is 8.93. The maximum atomic E-state index is 2.16. The third-order valence-corrected chi connectivity index (χ3v) is 1.53. The largest absolute Gasteiger partial charge is 1.00 e. The van der Waals surface area contributed by atoms with Crippen molar-refractivity contribution < 1.29 is 17.0 Å². The molecule has 1 aromatic carbocycles. The first-order valence-electron chi connectivity index (χ1n) is 3.48. The zero-order valence-electron chi connectivity index (χ0n) is 8.74. The standard InChI is InChI=1S/C9H14N.3BrH.H3N/c1-10(2,3)9-7-5-4-6-8-9;;;;/h4-8H,1-3H3;3*1H;1H3/q+1;;;;/p-1. The van der Waals surface area contributed by atoms with Crippen molar-refractivity contribution in [1.29, 1.82) is 0 Å². The molecule has 5 heteroatoms. The van der Waals surface area contributed by atoms with Gasteiger partial charge in [0.05, 0.1) is 21.1 Å². The van der Waals surface area contributed by atoms with Crippen LogP contribution < -0.4 is 27.6 Å². The van der Waals surface area contributed by atoms with Crippen LogP contribution in [0.1, 0.15) is 0 Å². The van der Waals surface area contributed by atoms with Crippen LogP contribution >= 0.6 is 34.0 Å². The topological polar surface area (TPSA) is 35.0 Å². The smallest absolute Gasteiger partial charge is 0.132 e. The third kappa shape index (κ3) is 7.94. The van der Waals surface area contributed by atoms with Gasteiger partial charge in [-0.3, -0.25) is 4.48 Å². The molecule has 86 valence electrons. The number of quaternary nitrogens is 1. The zero-order valence-corrected chi connectivity index (χ0v) is 13.7. The van der Waals surface area contributed by atoms with Crippen LogP contribution in [0.25, 0.3) is 0 Å². The van der Waals surface area contributed by atoms with E-state index in [1.165, 1.54) is 5.69 Å². The molecule has 0 aliphatic carbocycles. The van der Waals surface area contributed by atoms with Crippen molar-refractivity contribution >= 4 is 39.7 Å². The van der Waals surface area contributed by atoms with E-state index in [1.807, 2.05) is 6.07 Å². The van der Waals surface area contributed by atoms with Crippen LogP contribution in [0.2, 0.25) is 0 Å². The van der Waals surface area contributed by atoms with E-state index in [0.717, 1.165) is 4.48 Å². The predicted octanol–water partition coefficient (Wildman–Crippen LogP) is 0.205. The molecular formula is C9H19Br3N2. The number of nitrogens with zero attached hydrogens (tertiary/aromatic N) is 1. The first-order valence-corrected chi connectivity index (χ1v) is 3.48. The molecule has 0 unspecified atom stereocenters. The van der Waals surface area contributed by atoms with Gasteiger partial charge in [0.25, 0.3) is 0 Å². The second-order valence-electron chi connectivity index (χ2n) is 3.35. The lowest BCUT2D eigenvalue weighted by Crippen LogP contribution is -3.00. The summed E-state index contributed by atoms with van der Waals surface area (Å²) < 4.78 is 0.890. The number of rotatable bonds is 1. The van der Waals surface area contributed by atoms with E-state index in [4.69, 9.17) is 0 Å². The SMILES string of the molecule is Br.Br.C[N+](C)(C)c1ccccc1.N.[Br-]. The fourth-order valence-electron chi connectivity index (χ4n) is 0.875. The Morgan fingerprint density at radius 1 is 0.857 bits per heavy atom. The van der Waals surface area contributed by atoms with Crippen LogP contribution in [0.5, 0.6) is 0 Å². The van der Waals surface area contributed by atoms with E-state index >= 15 is 0 Å². The van der Waals surface area contributed by atoms with Crippen LogP contribution in [0.3, 0.4) is 0 Å². The van der Waals surface area contributed by atoms with E-state index in [9.17, 15) is 0 Å². The van der Waals surface area contributed by atoms with E-state index in [0.29, 0.717) is 0 Å². The van der Waals surface area contributed by atoms with E-state index in [2.05, 4.69) is 45.4 Å². The van der Waals surface area contributed by atoms with Crippen molar-refractivity contribution in [3.05, 3.63) is 30.3 Å². The summed E-state index contributed by atoms with van der Waals surface area (Å²) in [4.78, 5) is 0. The summed E-state index contributed by atoms with van der Waals surface area (Å²) in [5.74, 6) is 0. The van der Waals surface area contributed by atoms with Crippen molar-refractivity contribution in [3.8, 4) is 0 Å². The van der Waals surface area contributed by atoms with Crippen LogP contribution in [0, 0.1) is 0 Å². The van der Waals surface area contributed by atoms with Crippen LogP contribution in [0.15, 0.2) is 30.3 Å². The molecule has 0 spiro atoms. The summed E-state index contributed by atoms with van der Waals surface area (Å²) in [5.41, 5.74) is 1.34. The highest BCUT2D eigenvalue weighted by Crippen LogP contribution is 2.14. The Bertz CT molecular complexity index is 209. The lowest BCUT2D eigenvalue weighted by Gasteiger charge is -2.22. The van der Waals surface area contributed by atoms with Gasteiger partial charge < -0.3 is 23.1 Å². The molecule has 0 atom stereocenters. The molecule has 0 saturated heterocycles. The molecule has 1 rings (SSSR count). The monoisotopic (exact) mass is 392 g/mol. The molecule has 0 bridgehead atoms. The molecule has 1 aromatic rings. The quantitative estimate of drug-likeness (QED) is 0.679. The lowest BCUT2D eigenvalue weighted by molar-refractivity contribution is -0.00000304. The Kier molecular flexibility index (Phi) is 17.3. The Morgan fingerprint density at radius 2 is 1.21 bits per heavy atom. The molecule has 0 aromatic heterocycles. The number of hydrogen-bond donors (Lipinski definition) is 1. The van der Waals surface area contributed by atoms with Gasteiger partial charge in [0.15, 0.2) is 0 Å². The number of para-hydroxylation sites is 1. The molecule has 0 radical (unpaired) electrons. The molecule has 0 fully saturated rings. The van der Waals surface area contributed by atoms with Gasteiger partial charge in [0.2, 0.25) is 0 Å². The Balaban J connectivity index is -0.000000125. The maximum absolute atomic E-state index is 2.16. The summed E-state index contributed by atoms with van der Waals surface area (Å²) in [6.45, 7) is 0. The van der Waals surface area contributed by atoms with Crippen LogP contribution in [-0.4, -0.2) is 21.1 Å². The van der Waals surface area contributed by atoms with E-state index in [1.54, 1.807) is 0 Å². The Labute approximate surface area is 118 Å². The minimum absolute atomic E-state index is 0. The normalized spacial score (nSPS) is 8.21. The van der Waals surface area contributed by atoms with Crippen molar-refractivity contribution in [2.24, 2.45) is 0 Å². The highest BCUT2D eigenvalue weighted by atomic mass is 79.9. The molecule has 2 nitrogen and oxygen atoms in total. The molecule has 0 heterocycles. The molecule has 0 amide bonds. The van der Waals surface area contributed by atoms with Crippen molar-refractivity contribution in [3.63, 3.8) is 0 Å². The summed E-state index contributed by atoms with van der Waals surface area (Å²) in [6, 6.07) is 10.5. The molecule has 0 aliphatic heterocycles. The minimum Gasteiger partial charge on any atom is -1.00 e. The second-order valence-corrected chi connectivity index (χ2v) is 3.35. The minimum atomic E-state index is 0. The van der Waals surface area contributed by atoms with Gasteiger partial charge in [0.1, 0.15) is 5.69 Å². The summed E-state index contributed by atoms with van der Waals surface area (Å²) in [5, 5.41) is 0. The molecule has 0 saturated carbocycles. The van der Waals surface area contributed by atoms with E-state index in [-0.39, 0.29) is 57.1 Å². The Hall–Kier alpha value is 0.580. The number of hydrogen-bond acceptors (Lipinski definition) is 1. The van der Waals surface area contributed by atoms with E-state index < -0.39 is 0 Å². The van der Waals surface area contributed by atoms with Gasteiger partial charge in [-0.1, -0.05) is 18.2 Å². The number of benzene rings is 1. The molecule has 0 aliphatic rings. The second kappa shape index (κ2) is 10.1. The van der Waals surface area contributed by atoms with Gasteiger partial charge >= 0.3 is 0 Å². The summed E-state index contributed by atoms with van der Waals surface area (Å²) in [7, 11) is 6.49. The third-order valence-electron chi connectivity index (χ3n) is 1.53. The first kappa shape index (κ1) is 24.0. The lowest BCUT2D eigenvalue weighted by atomic mass is 10.3. The average molecular weight is 395 g/mol. The van der Waals surface area contributed by atoms with Crippen LogP contribution in [-0.2, 0) is 0 Å². The predicted molar refractivity (Wildman–Crippen MR) is 71.7 cm³/mol. The molecular weight excluding hydrogens is 376 g/mol. The fourth-order valence-corrected chi connectivity index (χ4v) is 0.875. The summed E-state index contributed by atoms with van der Waals surface area (Å²) >= 11 is 0. The molecule has 14 heavy (non-hydrogen) atoms. The zero-order chi connectivity index (χ0) is 7.61. The highest BCUT2D eigenvalue weighted by Gasteiger charge is 2.08. The van der Waals surface area contributed by atoms with Crippen molar-refractivity contribution in [2.45, 2.75) is 0 Å². The fraction of sp³-hybridized carbons (Fsp3) is 0.333. The van der Waals surface area contributed by atoms with Gasteiger partial charge in [-0.15, -0.1) is 34.0 Å². The Morgan fingerprint density at radius 3 is 1.43 bits per heavy atom. The maximum Gasteiger partial charge on any atom is 0.132 e. The average Bonchev–Trinajstić information content (AvgIpc) is 1.88.